The Balaban J connectivity index is 1.79. The normalized spacial score (nSPS) is 15.0. The van der Waals surface area contributed by atoms with Gasteiger partial charge in [0.1, 0.15) is 12.4 Å². The average Bonchev–Trinajstić information content (AvgIpc) is 3.26. The van der Waals surface area contributed by atoms with Gasteiger partial charge < -0.3 is 24.3 Å². The maximum atomic E-state index is 5.47. The maximum absolute atomic E-state index is 5.47. The number of ether oxygens (including phenoxy) is 4. The molecule has 0 saturated heterocycles. The molecule has 3 aromatic rings. The van der Waals surface area contributed by atoms with E-state index >= 15 is 0 Å². The first-order valence-corrected chi connectivity index (χ1v) is 9.01. The number of benzene rings is 2. The molecule has 0 spiro atoms. The smallest absolute Gasteiger partial charge is 0.226 e. The number of aromatic nitrogens is 3. The summed E-state index contributed by atoms with van der Waals surface area (Å²) in [6.45, 7) is 0. The SMILES string of the molecule is COc1ccc(C2=C[C@@H](c3ccc(OC)c(OC)c3)n3ncnc3N2)cc1OC. The fraction of sp³-hybridized carbons (Fsp3) is 0.238. The first-order valence-electron chi connectivity index (χ1n) is 9.01. The van der Waals surface area contributed by atoms with Crippen molar-refractivity contribution in [3.05, 3.63) is 59.9 Å². The van der Waals surface area contributed by atoms with Gasteiger partial charge in [0.2, 0.25) is 5.95 Å². The van der Waals surface area contributed by atoms with Crippen molar-refractivity contribution in [1.82, 2.24) is 14.8 Å². The summed E-state index contributed by atoms with van der Waals surface area (Å²) in [7, 11) is 6.47. The summed E-state index contributed by atoms with van der Waals surface area (Å²) in [5, 5.41) is 7.71. The molecule has 0 radical (unpaired) electrons. The minimum Gasteiger partial charge on any atom is -0.493 e. The lowest BCUT2D eigenvalue weighted by Crippen LogP contribution is -2.20. The van der Waals surface area contributed by atoms with Gasteiger partial charge in [0, 0.05) is 11.3 Å². The predicted molar refractivity (Wildman–Crippen MR) is 109 cm³/mol. The standard InChI is InChI=1S/C21H22N4O4/c1-26-17-7-5-13(9-19(17)28-3)15-11-16(25-21(24-15)22-12-23-25)14-6-8-18(27-2)20(10-14)29-4/h5-12,16H,1-4H3,(H,22,23,24)/t16-/m0/s1. The Labute approximate surface area is 168 Å². The van der Waals surface area contributed by atoms with E-state index in [1.165, 1.54) is 6.33 Å². The molecule has 1 aromatic heterocycles. The van der Waals surface area contributed by atoms with Crippen LogP contribution in [-0.2, 0) is 0 Å². The molecular weight excluding hydrogens is 372 g/mol. The molecule has 0 bridgehead atoms. The maximum Gasteiger partial charge on any atom is 0.226 e. The van der Waals surface area contributed by atoms with Gasteiger partial charge >= 0.3 is 0 Å². The summed E-state index contributed by atoms with van der Waals surface area (Å²) in [5.41, 5.74) is 2.84. The number of hydrogen-bond acceptors (Lipinski definition) is 7. The predicted octanol–water partition coefficient (Wildman–Crippen LogP) is 3.37. The number of nitrogens with one attached hydrogen (secondary N) is 1. The van der Waals surface area contributed by atoms with Crippen molar-refractivity contribution in [1.29, 1.82) is 0 Å². The van der Waals surface area contributed by atoms with Crippen LogP contribution in [0.3, 0.4) is 0 Å². The van der Waals surface area contributed by atoms with E-state index in [1.807, 2.05) is 41.1 Å². The van der Waals surface area contributed by atoms with Crippen LogP contribution in [-0.4, -0.2) is 43.2 Å². The van der Waals surface area contributed by atoms with Gasteiger partial charge in [-0.15, -0.1) is 0 Å². The van der Waals surface area contributed by atoms with Crippen LogP contribution in [0.5, 0.6) is 23.0 Å². The molecule has 1 aliphatic heterocycles. The van der Waals surface area contributed by atoms with Crippen molar-refractivity contribution < 1.29 is 18.9 Å². The van der Waals surface area contributed by atoms with E-state index in [9.17, 15) is 0 Å². The molecule has 150 valence electrons. The lowest BCUT2D eigenvalue weighted by molar-refractivity contribution is 0.354. The first kappa shape index (κ1) is 18.7. The number of rotatable bonds is 6. The van der Waals surface area contributed by atoms with Crippen LogP contribution < -0.4 is 24.3 Å². The Morgan fingerprint density at radius 1 is 0.828 bits per heavy atom. The lowest BCUT2D eigenvalue weighted by atomic mass is 10.0. The fourth-order valence-electron chi connectivity index (χ4n) is 3.38. The second kappa shape index (κ2) is 7.75. The number of hydrogen-bond donors (Lipinski definition) is 1. The third-order valence-corrected chi connectivity index (χ3v) is 4.85. The van der Waals surface area contributed by atoms with Crippen LogP contribution in [0.2, 0.25) is 0 Å². The molecule has 2 aromatic carbocycles. The molecule has 2 heterocycles. The molecule has 0 amide bonds. The Hall–Kier alpha value is -3.68. The molecule has 0 fully saturated rings. The van der Waals surface area contributed by atoms with Gasteiger partial charge in [0.25, 0.3) is 0 Å². The van der Waals surface area contributed by atoms with Crippen LogP contribution >= 0.6 is 0 Å². The molecule has 8 heteroatoms. The van der Waals surface area contributed by atoms with Crippen molar-refractivity contribution in [2.45, 2.75) is 6.04 Å². The molecular formula is C21H22N4O4. The molecule has 29 heavy (non-hydrogen) atoms. The topological polar surface area (TPSA) is 79.7 Å². The highest BCUT2D eigenvalue weighted by atomic mass is 16.5. The third-order valence-electron chi connectivity index (χ3n) is 4.85. The first-order chi connectivity index (χ1) is 14.2. The fourth-order valence-corrected chi connectivity index (χ4v) is 3.38. The molecule has 0 saturated carbocycles. The minimum absolute atomic E-state index is 0.170. The van der Waals surface area contributed by atoms with Gasteiger partial charge in [-0.25, -0.2) is 4.68 Å². The van der Waals surface area contributed by atoms with E-state index in [0.29, 0.717) is 28.9 Å². The molecule has 1 N–H and O–H groups in total. The largest absolute Gasteiger partial charge is 0.493 e. The number of fused-ring (bicyclic) bond motifs is 1. The quantitative estimate of drug-likeness (QED) is 0.687. The number of methoxy groups -OCH3 is 4. The van der Waals surface area contributed by atoms with Crippen LogP contribution in [0.15, 0.2) is 48.8 Å². The van der Waals surface area contributed by atoms with Gasteiger partial charge in [-0.2, -0.15) is 10.1 Å². The van der Waals surface area contributed by atoms with Gasteiger partial charge in [-0.3, -0.25) is 0 Å². The van der Waals surface area contributed by atoms with Crippen molar-refractivity contribution in [3.63, 3.8) is 0 Å². The molecule has 1 aliphatic rings. The van der Waals surface area contributed by atoms with Crippen molar-refractivity contribution in [2.75, 3.05) is 33.8 Å². The van der Waals surface area contributed by atoms with Gasteiger partial charge in [0.15, 0.2) is 23.0 Å². The second-order valence-electron chi connectivity index (χ2n) is 6.36. The van der Waals surface area contributed by atoms with E-state index < -0.39 is 0 Å². The van der Waals surface area contributed by atoms with Crippen LogP contribution in [0.1, 0.15) is 17.2 Å². The highest BCUT2D eigenvalue weighted by Gasteiger charge is 2.25. The van der Waals surface area contributed by atoms with E-state index in [-0.39, 0.29) is 6.04 Å². The molecule has 4 rings (SSSR count). The zero-order valence-electron chi connectivity index (χ0n) is 16.7. The zero-order valence-corrected chi connectivity index (χ0v) is 16.7. The van der Waals surface area contributed by atoms with E-state index in [0.717, 1.165) is 16.8 Å². The Bertz CT molecular complexity index is 1060. The Kier molecular flexibility index (Phi) is 4.99. The third kappa shape index (κ3) is 3.33. The van der Waals surface area contributed by atoms with Gasteiger partial charge in [-0.05, 0) is 42.0 Å². The molecule has 0 unspecified atom stereocenters. The number of anilines is 1. The van der Waals surface area contributed by atoms with Gasteiger partial charge in [-0.1, -0.05) is 6.07 Å². The van der Waals surface area contributed by atoms with Crippen molar-refractivity contribution in [3.8, 4) is 23.0 Å². The molecule has 8 nitrogen and oxygen atoms in total. The summed E-state index contributed by atoms with van der Waals surface area (Å²) in [6.07, 6.45) is 3.62. The highest BCUT2D eigenvalue weighted by molar-refractivity contribution is 5.78. The second-order valence-corrected chi connectivity index (χ2v) is 6.36. The Morgan fingerprint density at radius 2 is 1.48 bits per heavy atom. The van der Waals surface area contributed by atoms with Crippen molar-refractivity contribution in [2.24, 2.45) is 0 Å². The minimum atomic E-state index is -0.170. The summed E-state index contributed by atoms with van der Waals surface area (Å²) in [5.74, 6) is 3.31. The molecule has 1 atom stereocenters. The van der Waals surface area contributed by atoms with Crippen LogP contribution in [0.4, 0.5) is 5.95 Å². The summed E-state index contributed by atoms with van der Waals surface area (Å²) >= 11 is 0. The van der Waals surface area contributed by atoms with E-state index in [2.05, 4.69) is 21.5 Å². The lowest BCUT2D eigenvalue weighted by Gasteiger charge is -2.25. The van der Waals surface area contributed by atoms with Crippen LogP contribution in [0.25, 0.3) is 5.70 Å². The van der Waals surface area contributed by atoms with Crippen molar-refractivity contribution >= 4 is 11.6 Å². The van der Waals surface area contributed by atoms with Crippen LogP contribution in [0, 0.1) is 0 Å². The summed E-state index contributed by atoms with van der Waals surface area (Å²) in [6, 6.07) is 11.4. The number of allylic oxidation sites excluding steroid dienone is 1. The summed E-state index contributed by atoms with van der Waals surface area (Å²) < 4.78 is 23.4. The summed E-state index contributed by atoms with van der Waals surface area (Å²) in [4.78, 5) is 4.35. The average molecular weight is 394 g/mol. The van der Waals surface area contributed by atoms with E-state index in [1.54, 1.807) is 28.4 Å². The zero-order chi connectivity index (χ0) is 20.4. The number of nitrogens with zero attached hydrogens (tertiary/aromatic N) is 3. The molecule has 0 aliphatic carbocycles. The monoisotopic (exact) mass is 394 g/mol. The van der Waals surface area contributed by atoms with E-state index in [4.69, 9.17) is 18.9 Å². The highest BCUT2D eigenvalue weighted by Crippen LogP contribution is 2.37. The Morgan fingerprint density at radius 3 is 2.17 bits per heavy atom. The van der Waals surface area contributed by atoms with Gasteiger partial charge in [0.05, 0.1) is 28.4 Å².